The molecular formula is C31H26N4O3. The maximum atomic E-state index is 13.1. The van der Waals surface area contributed by atoms with Crippen molar-refractivity contribution in [3.63, 3.8) is 0 Å². The molecule has 0 fully saturated rings. The molecule has 2 aliphatic rings. The van der Waals surface area contributed by atoms with E-state index in [4.69, 9.17) is 15.2 Å². The number of nitrogens with zero attached hydrogens (tertiary/aromatic N) is 2. The van der Waals surface area contributed by atoms with Crippen LogP contribution >= 0.6 is 0 Å². The lowest BCUT2D eigenvalue weighted by atomic mass is 9.83. The summed E-state index contributed by atoms with van der Waals surface area (Å²) in [7, 11) is 1.57. The van der Waals surface area contributed by atoms with Crippen LogP contribution in [0.25, 0.3) is 11.1 Å². The van der Waals surface area contributed by atoms with Gasteiger partial charge in [0.2, 0.25) is 0 Å². The molecule has 7 heteroatoms. The number of fused-ring (bicyclic) bond motifs is 8. The molecule has 7 nitrogen and oxygen atoms in total. The Labute approximate surface area is 220 Å². The van der Waals surface area contributed by atoms with E-state index in [1.807, 2.05) is 50.2 Å². The zero-order valence-electron chi connectivity index (χ0n) is 21.3. The molecule has 1 aromatic heterocycles. The summed E-state index contributed by atoms with van der Waals surface area (Å²) >= 11 is 0. The summed E-state index contributed by atoms with van der Waals surface area (Å²) in [6.07, 6.45) is -0.408. The summed E-state index contributed by atoms with van der Waals surface area (Å²) in [6, 6.07) is 21.9. The first-order chi connectivity index (χ1) is 18.4. The second kappa shape index (κ2) is 9.02. The number of nitrogen functional groups attached to an aromatic ring is 1. The zero-order chi connectivity index (χ0) is 26.6. The number of nitrogens with two attached hydrogens (primary N) is 1. The molecule has 2 unspecified atom stereocenters. The fourth-order valence-electron chi connectivity index (χ4n) is 5.52. The van der Waals surface area contributed by atoms with Crippen molar-refractivity contribution in [2.45, 2.75) is 32.6 Å². The predicted molar refractivity (Wildman–Crippen MR) is 144 cm³/mol. The number of rotatable bonds is 5. The van der Waals surface area contributed by atoms with Gasteiger partial charge in [0.05, 0.1) is 18.7 Å². The van der Waals surface area contributed by atoms with Crippen molar-refractivity contribution in [3.8, 4) is 22.9 Å². The number of carbonyl (C=O) groups excluding carboxylic acids is 1. The lowest BCUT2D eigenvalue weighted by Crippen LogP contribution is -2.24. The van der Waals surface area contributed by atoms with E-state index in [-0.39, 0.29) is 24.7 Å². The molecule has 38 heavy (non-hydrogen) atoms. The average Bonchev–Trinajstić information content (AvgIpc) is 3.48. The van der Waals surface area contributed by atoms with Gasteiger partial charge in [-0.05, 0) is 77.1 Å². The number of pyridine rings is 1. The van der Waals surface area contributed by atoms with Crippen LogP contribution in [0.5, 0.6) is 5.75 Å². The molecule has 188 valence electrons. The van der Waals surface area contributed by atoms with Crippen LogP contribution < -0.4 is 15.8 Å². The third-order valence-corrected chi connectivity index (χ3v) is 7.40. The molecule has 2 aliphatic heterocycles. The lowest BCUT2D eigenvalue weighted by Gasteiger charge is -2.18. The van der Waals surface area contributed by atoms with Gasteiger partial charge in [-0.15, -0.1) is 0 Å². The van der Waals surface area contributed by atoms with E-state index in [0.717, 1.165) is 44.5 Å². The van der Waals surface area contributed by atoms with Crippen molar-refractivity contribution in [2.24, 2.45) is 0 Å². The molecule has 0 spiro atoms. The Kier molecular flexibility index (Phi) is 5.63. The molecule has 0 aliphatic carbocycles. The van der Waals surface area contributed by atoms with E-state index in [2.05, 4.69) is 34.6 Å². The number of nitriles is 1. The van der Waals surface area contributed by atoms with Gasteiger partial charge in [-0.1, -0.05) is 30.3 Å². The van der Waals surface area contributed by atoms with Crippen molar-refractivity contribution in [1.29, 1.82) is 5.26 Å². The number of carbonyl (C=O) groups is 1. The minimum atomic E-state index is -0.252. The van der Waals surface area contributed by atoms with Crippen molar-refractivity contribution in [1.82, 2.24) is 10.3 Å². The summed E-state index contributed by atoms with van der Waals surface area (Å²) < 4.78 is 11.8. The number of hydrogen-bond acceptors (Lipinski definition) is 6. The number of anilines is 1. The number of ether oxygens (including phenoxy) is 2. The van der Waals surface area contributed by atoms with Crippen molar-refractivity contribution < 1.29 is 14.3 Å². The Hall–Kier alpha value is -4.67. The summed E-state index contributed by atoms with van der Waals surface area (Å²) in [5.74, 6) is 0.773. The first-order valence-corrected chi connectivity index (χ1v) is 12.4. The van der Waals surface area contributed by atoms with Crippen molar-refractivity contribution in [3.05, 3.63) is 111 Å². The predicted octanol–water partition coefficient (Wildman–Crippen LogP) is 5.28. The van der Waals surface area contributed by atoms with Crippen LogP contribution in [0.2, 0.25) is 0 Å². The molecule has 4 aromatic rings. The number of nitrogens with one attached hydrogen (secondary N) is 1. The normalized spacial score (nSPS) is 16.5. The molecule has 2 bridgehead atoms. The monoisotopic (exact) mass is 502 g/mol. The standard InChI is InChI=1S/C31H26N4O3/c1-16-4-7-21(20(10-16)14-32)18-5-8-22-24(11-18)30-25-12-19(6-9-23(25)29(22)38-30)31(36)34-15-26-17(2)35-28(33)13-27(26)37-3/h4-13,29-30H,15H2,1-3H3,(H2,33,35)(H,34,36). The van der Waals surface area contributed by atoms with Gasteiger partial charge in [-0.2, -0.15) is 5.26 Å². The molecular weight excluding hydrogens is 476 g/mol. The Bertz CT molecular complexity index is 1670. The largest absolute Gasteiger partial charge is 0.496 e. The fraction of sp³-hybridized carbons (Fsp3) is 0.194. The van der Waals surface area contributed by atoms with E-state index in [0.29, 0.717) is 28.4 Å². The topological polar surface area (TPSA) is 110 Å². The van der Waals surface area contributed by atoms with Gasteiger partial charge in [0, 0.05) is 29.4 Å². The second-order valence-corrected chi connectivity index (χ2v) is 9.74. The Morgan fingerprint density at radius 3 is 2.53 bits per heavy atom. The third kappa shape index (κ3) is 3.78. The van der Waals surface area contributed by atoms with Gasteiger partial charge in [-0.3, -0.25) is 4.79 Å². The van der Waals surface area contributed by atoms with Gasteiger partial charge >= 0.3 is 0 Å². The first-order valence-electron chi connectivity index (χ1n) is 12.4. The molecule has 6 rings (SSSR count). The Morgan fingerprint density at radius 1 is 1.03 bits per heavy atom. The van der Waals surface area contributed by atoms with Gasteiger partial charge in [0.1, 0.15) is 23.8 Å². The van der Waals surface area contributed by atoms with E-state index < -0.39 is 0 Å². The van der Waals surface area contributed by atoms with Crippen LogP contribution in [0.1, 0.15) is 67.2 Å². The number of hydrogen-bond donors (Lipinski definition) is 2. The van der Waals surface area contributed by atoms with Gasteiger partial charge in [-0.25, -0.2) is 4.98 Å². The van der Waals surface area contributed by atoms with Gasteiger partial charge in [0.25, 0.3) is 5.91 Å². The minimum Gasteiger partial charge on any atom is -0.496 e. The second-order valence-electron chi connectivity index (χ2n) is 9.74. The van der Waals surface area contributed by atoms with Gasteiger partial charge in [0.15, 0.2) is 0 Å². The molecule has 0 saturated carbocycles. The number of methoxy groups -OCH3 is 1. The zero-order valence-corrected chi connectivity index (χ0v) is 21.3. The number of aromatic nitrogens is 1. The quantitative estimate of drug-likeness (QED) is 0.384. The minimum absolute atomic E-state index is 0.155. The summed E-state index contributed by atoms with van der Waals surface area (Å²) in [5, 5.41) is 12.6. The maximum Gasteiger partial charge on any atom is 0.251 e. The average molecular weight is 503 g/mol. The molecule has 2 atom stereocenters. The van der Waals surface area contributed by atoms with E-state index >= 15 is 0 Å². The van der Waals surface area contributed by atoms with Crippen molar-refractivity contribution in [2.75, 3.05) is 12.8 Å². The summed E-state index contributed by atoms with van der Waals surface area (Å²) in [6.45, 7) is 4.09. The van der Waals surface area contributed by atoms with Crippen molar-refractivity contribution >= 4 is 11.7 Å². The van der Waals surface area contributed by atoms with Crippen LogP contribution in [0, 0.1) is 25.2 Å². The molecule has 0 saturated heterocycles. The Balaban J connectivity index is 1.27. The summed E-state index contributed by atoms with van der Waals surface area (Å²) in [4.78, 5) is 17.4. The molecule has 1 amide bonds. The SMILES string of the molecule is COc1cc(N)nc(C)c1CNC(=O)c1ccc2c(c1)C1OC2c2ccc(-c3ccc(C)cc3C#N)cc21. The number of amides is 1. The van der Waals surface area contributed by atoms with Crippen LogP contribution in [-0.2, 0) is 11.3 Å². The van der Waals surface area contributed by atoms with E-state index in [1.54, 1.807) is 13.2 Å². The highest BCUT2D eigenvalue weighted by atomic mass is 16.5. The van der Waals surface area contributed by atoms with E-state index in [1.165, 1.54) is 0 Å². The van der Waals surface area contributed by atoms with Crippen LogP contribution in [-0.4, -0.2) is 18.0 Å². The highest BCUT2D eigenvalue weighted by Gasteiger charge is 2.43. The highest BCUT2D eigenvalue weighted by molar-refractivity contribution is 5.94. The Morgan fingerprint density at radius 2 is 1.76 bits per heavy atom. The van der Waals surface area contributed by atoms with Crippen LogP contribution in [0.4, 0.5) is 5.82 Å². The molecule has 3 aromatic carbocycles. The van der Waals surface area contributed by atoms with Crippen LogP contribution in [0.15, 0.2) is 60.7 Å². The maximum absolute atomic E-state index is 13.1. The van der Waals surface area contributed by atoms with Gasteiger partial charge < -0.3 is 20.5 Å². The molecule has 3 heterocycles. The van der Waals surface area contributed by atoms with E-state index in [9.17, 15) is 10.1 Å². The molecule has 3 N–H and O–H groups in total. The smallest absolute Gasteiger partial charge is 0.251 e. The number of benzene rings is 3. The summed E-state index contributed by atoms with van der Waals surface area (Å²) in [5.41, 5.74) is 15.8. The first kappa shape index (κ1) is 23.7. The molecule has 0 radical (unpaired) electrons. The number of aryl methyl sites for hydroxylation is 2. The van der Waals surface area contributed by atoms with Crippen LogP contribution in [0.3, 0.4) is 0 Å². The highest BCUT2D eigenvalue weighted by Crippen LogP contribution is 2.55. The fourth-order valence-corrected chi connectivity index (χ4v) is 5.52. The third-order valence-electron chi connectivity index (χ3n) is 7.40. The lowest BCUT2D eigenvalue weighted by molar-refractivity contribution is 0.0857.